The molecule has 4 heteroatoms. The molecule has 1 amide bonds. The van der Waals surface area contributed by atoms with Crippen LogP contribution in [0.5, 0.6) is 0 Å². The van der Waals surface area contributed by atoms with Gasteiger partial charge in [-0.15, -0.1) is 0 Å². The number of aryl methyl sites for hydroxylation is 3. The third-order valence-electron chi connectivity index (χ3n) is 4.81. The molecule has 0 spiro atoms. The summed E-state index contributed by atoms with van der Waals surface area (Å²) in [5.74, 6) is -0.912. The van der Waals surface area contributed by atoms with Crippen molar-refractivity contribution in [2.45, 2.75) is 33.8 Å². The van der Waals surface area contributed by atoms with E-state index in [9.17, 15) is 9.59 Å². The first-order valence-electron chi connectivity index (χ1n) is 9.60. The lowest BCUT2D eigenvalue weighted by atomic mass is 10.0. The summed E-state index contributed by atoms with van der Waals surface area (Å²) in [6.45, 7) is 7.47. The molecule has 4 nitrogen and oxygen atoms in total. The minimum Gasteiger partial charge on any atom is -0.449 e. The molecule has 0 aromatic heterocycles. The Kier molecular flexibility index (Phi) is 6.13. The van der Waals surface area contributed by atoms with Gasteiger partial charge < -0.3 is 10.1 Å². The average molecular weight is 387 g/mol. The summed E-state index contributed by atoms with van der Waals surface area (Å²) in [7, 11) is 0. The molecule has 3 rings (SSSR count). The minimum atomic E-state index is -0.903. The topological polar surface area (TPSA) is 55.4 Å². The molecule has 0 aliphatic rings. The molecule has 0 saturated carbocycles. The molecule has 0 radical (unpaired) electrons. The Bertz CT molecular complexity index is 1070. The smallest absolute Gasteiger partial charge is 0.331 e. The molecule has 148 valence electrons. The predicted molar refractivity (Wildman–Crippen MR) is 118 cm³/mol. The van der Waals surface area contributed by atoms with E-state index in [0.29, 0.717) is 0 Å². The molecule has 0 bridgehead atoms. The van der Waals surface area contributed by atoms with E-state index < -0.39 is 12.1 Å². The van der Waals surface area contributed by atoms with Gasteiger partial charge in [-0.25, -0.2) is 4.79 Å². The number of rotatable bonds is 5. The van der Waals surface area contributed by atoms with E-state index in [1.54, 1.807) is 13.0 Å². The lowest BCUT2D eigenvalue weighted by molar-refractivity contribution is -0.148. The molecular weight excluding hydrogens is 362 g/mol. The van der Waals surface area contributed by atoms with Crippen LogP contribution in [0.25, 0.3) is 16.8 Å². The summed E-state index contributed by atoms with van der Waals surface area (Å²) in [4.78, 5) is 24.7. The molecule has 0 aliphatic heterocycles. The maximum atomic E-state index is 12.5. The molecule has 0 saturated heterocycles. The zero-order chi connectivity index (χ0) is 21.0. The van der Waals surface area contributed by atoms with Crippen LogP contribution in [0.15, 0.2) is 60.7 Å². The Balaban J connectivity index is 1.66. The van der Waals surface area contributed by atoms with Crippen molar-refractivity contribution in [3.05, 3.63) is 82.9 Å². The molecule has 0 aliphatic carbocycles. The standard InChI is InChI=1S/C25H25NO3/c1-16-14-17(2)24(18(3)15-16)26-25(28)19(4)29-23(27)13-12-21-10-7-9-20-8-5-6-11-22(20)21/h5-15,19H,1-4H3,(H,26,28)/b13-12+/t19-/m1/s1. The number of hydrogen-bond donors (Lipinski definition) is 1. The van der Waals surface area contributed by atoms with Crippen LogP contribution >= 0.6 is 0 Å². The van der Waals surface area contributed by atoms with E-state index in [-0.39, 0.29) is 5.91 Å². The lowest BCUT2D eigenvalue weighted by Gasteiger charge is -2.16. The van der Waals surface area contributed by atoms with Gasteiger partial charge in [0.2, 0.25) is 0 Å². The van der Waals surface area contributed by atoms with Crippen LogP contribution in [0.1, 0.15) is 29.2 Å². The van der Waals surface area contributed by atoms with E-state index in [4.69, 9.17) is 4.74 Å². The minimum absolute atomic E-state index is 0.355. The molecular formula is C25H25NO3. The number of amides is 1. The van der Waals surface area contributed by atoms with Gasteiger partial charge in [-0.05, 0) is 61.2 Å². The Morgan fingerprint density at radius 2 is 1.62 bits per heavy atom. The lowest BCUT2D eigenvalue weighted by Crippen LogP contribution is -2.30. The Morgan fingerprint density at radius 3 is 2.34 bits per heavy atom. The Morgan fingerprint density at radius 1 is 0.966 bits per heavy atom. The summed E-state index contributed by atoms with van der Waals surface area (Å²) in [5.41, 5.74) is 4.77. The Labute approximate surface area is 171 Å². The quantitative estimate of drug-likeness (QED) is 0.474. The van der Waals surface area contributed by atoms with Crippen molar-refractivity contribution < 1.29 is 14.3 Å². The average Bonchev–Trinajstić information content (AvgIpc) is 2.68. The van der Waals surface area contributed by atoms with Crippen LogP contribution in [-0.2, 0) is 14.3 Å². The van der Waals surface area contributed by atoms with Crippen molar-refractivity contribution in [3.8, 4) is 0 Å². The van der Waals surface area contributed by atoms with Gasteiger partial charge in [0.25, 0.3) is 5.91 Å². The highest BCUT2D eigenvalue weighted by Crippen LogP contribution is 2.22. The fourth-order valence-electron chi connectivity index (χ4n) is 3.42. The normalized spacial score (nSPS) is 12.1. The number of esters is 1. The summed E-state index contributed by atoms with van der Waals surface area (Å²) in [6, 6.07) is 17.9. The molecule has 3 aromatic carbocycles. The zero-order valence-electron chi connectivity index (χ0n) is 17.2. The highest BCUT2D eigenvalue weighted by Gasteiger charge is 2.18. The highest BCUT2D eigenvalue weighted by atomic mass is 16.5. The van der Waals surface area contributed by atoms with Crippen molar-refractivity contribution in [2.24, 2.45) is 0 Å². The van der Waals surface area contributed by atoms with Crippen molar-refractivity contribution >= 4 is 34.4 Å². The van der Waals surface area contributed by atoms with Gasteiger partial charge in [-0.3, -0.25) is 4.79 Å². The van der Waals surface area contributed by atoms with Crippen LogP contribution in [0, 0.1) is 20.8 Å². The van der Waals surface area contributed by atoms with E-state index in [1.807, 2.05) is 75.4 Å². The number of fused-ring (bicyclic) bond motifs is 1. The number of benzene rings is 3. The summed E-state index contributed by atoms with van der Waals surface area (Å²) in [5, 5.41) is 5.02. The predicted octanol–water partition coefficient (Wildman–Crippen LogP) is 5.35. The second-order valence-electron chi connectivity index (χ2n) is 7.24. The number of carbonyl (C=O) groups is 2. The van der Waals surface area contributed by atoms with Crippen molar-refractivity contribution in [2.75, 3.05) is 5.32 Å². The fourth-order valence-corrected chi connectivity index (χ4v) is 3.42. The first kappa shape index (κ1) is 20.3. The SMILES string of the molecule is Cc1cc(C)c(NC(=O)[C@@H](C)OC(=O)/C=C/c2cccc3ccccc23)c(C)c1. The third kappa shape index (κ3) is 4.91. The van der Waals surface area contributed by atoms with Crippen LogP contribution in [0.3, 0.4) is 0 Å². The first-order chi connectivity index (χ1) is 13.8. The number of nitrogens with one attached hydrogen (secondary N) is 1. The molecule has 0 unspecified atom stereocenters. The Hall–Kier alpha value is -3.40. The fraction of sp³-hybridized carbons (Fsp3) is 0.200. The van der Waals surface area contributed by atoms with Crippen LogP contribution in [0.2, 0.25) is 0 Å². The number of anilines is 1. The van der Waals surface area contributed by atoms with Gasteiger partial charge in [-0.1, -0.05) is 60.2 Å². The van der Waals surface area contributed by atoms with Crippen molar-refractivity contribution in [1.82, 2.24) is 0 Å². The van der Waals surface area contributed by atoms with Crippen LogP contribution in [-0.4, -0.2) is 18.0 Å². The summed E-state index contributed by atoms with van der Waals surface area (Å²) in [6.07, 6.45) is 2.16. The van der Waals surface area contributed by atoms with Gasteiger partial charge in [0, 0.05) is 11.8 Å². The molecule has 29 heavy (non-hydrogen) atoms. The molecule has 0 fully saturated rings. The van der Waals surface area contributed by atoms with E-state index in [2.05, 4.69) is 5.32 Å². The zero-order valence-corrected chi connectivity index (χ0v) is 17.2. The largest absolute Gasteiger partial charge is 0.449 e. The van der Waals surface area contributed by atoms with Gasteiger partial charge in [0.05, 0.1) is 0 Å². The molecule has 0 heterocycles. The van der Waals surface area contributed by atoms with E-state index in [1.165, 1.54) is 6.08 Å². The highest BCUT2D eigenvalue weighted by molar-refractivity contribution is 5.98. The van der Waals surface area contributed by atoms with Gasteiger partial charge >= 0.3 is 5.97 Å². The summed E-state index contributed by atoms with van der Waals surface area (Å²) >= 11 is 0. The van der Waals surface area contributed by atoms with Gasteiger partial charge in [0.15, 0.2) is 6.10 Å². The maximum Gasteiger partial charge on any atom is 0.331 e. The van der Waals surface area contributed by atoms with E-state index >= 15 is 0 Å². The van der Waals surface area contributed by atoms with E-state index in [0.717, 1.165) is 38.7 Å². The third-order valence-corrected chi connectivity index (χ3v) is 4.81. The second-order valence-corrected chi connectivity index (χ2v) is 7.24. The monoisotopic (exact) mass is 387 g/mol. The number of carbonyl (C=O) groups excluding carboxylic acids is 2. The molecule has 1 atom stereocenters. The summed E-state index contributed by atoms with van der Waals surface area (Å²) < 4.78 is 5.28. The maximum absolute atomic E-state index is 12.5. The van der Waals surface area contributed by atoms with Crippen LogP contribution in [0.4, 0.5) is 5.69 Å². The number of ether oxygens (including phenoxy) is 1. The van der Waals surface area contributed by atoms with Crippen molar-refractivity contribution in [3.63, 3.8) is 0 Å². The molecule has 3 aromatic rings. The van der Waals surface area contributed by atoms with Crippen LogP contribution < -0.4 is 5.32 Å². The first-order valence-corrected chi connectivity index (χ1v) is 9.60. The van der Waals surface area contributed by atoms with Gasteiger partial charge in [0.1, 0.15) is 0 Å². The number of hydrogen-bond acceptors (Lipinski definition) is 3. The molecule has 1 N–H and O–H groups in total. The van der Waals surface area contributed by atoms with Crippen molar-refractivity contribution in [1.29, 1.82) is 0 Å². The van der Waals surface area contributed by atoms with Gasteiger partial charge in [-0.2, -0.15) is 0 Å². The second kappa shape index (κ2) is 8.74.